The molecule has 0 amide bonds. The minimum atomic E-state index is 0.562. The van der Waals surface area contributed by atoms with Crippen molar-refractivity contribution in [2.24, 2.45) is 0 Å². The largest absolute Gasteiger partial charge is 0.204 e. The Morgan fingerprint density at radius 3 is 1.12 bits per heavy atom. The molecule has 0 aromatic rings. The fourth-order valence-electron chi connectivity index (χ4n) is 2.96. The van der Waals surface area contributed by atoms with Crippen LogP contribution in [-0.2, 0) is 19.9 Å². The third-order valence-corrected chi connectivity index (χ3v) is 4.49. The third kappa shape index (κ3) is 16.4. The van der Waals surface area contributed by atoms with E-state index < -0.39 is 0 Å². The van der Waals surface area contributed by atoms with Crippen LogP contribution in [0.5, 0.6) is 0 Å². The average molecular weight is 343 g/mol. The Bertz CT molecular complexity index is 242. The van der Waals surface area contributed by atoms with E-state index in [1.165, 1.54) is 89.9 Å². The molecule has 1 aliphatic heterocycles. The molecule has 0 atom stereocenters. The number of rotatable bonds is 0. The summed E-state index contributed by atoms with van der Waals surface area (Å²) in [5.74, 6) is 0. The summed E-state index contributed by atoms with van der Waals surface area (Å²) in [7, 11) is 0. The van der Waals surface area contributed by atoms with Crippen LogP contribution in [0.3, 0.4) is 0 Å². The van der Waals surface area contributed by atoms with Crippen LogP contribution in [0.2, 0.25) is 0 Å². The number of hydrogen-bond acceptors (Lipinski definition) is 4. The first-order valence-electron chi connectivity index (χ1n) is 10.2. The zero-order chi connectivity index (χ0) is 17.0. The van der Waals surface area contributed by atoms with Crippen molar-refractivity contribution in [2.75, 3.05) is 13.2 Å². The summed E-state index contributed by atoms with van der Waals surface area (Å²) in [5.41, 5.74) is 0. The molecule has 0 saturated carbocycles. The highest BCUT2D eigenvalue weighted by Gasteiger charge is 1.96. The van der Waals surface area contributed by atoms with E-state index in [1.54, 1.807) is 0 Å². The van der Waals surface area contributed by atoms with Crippen LogP contribution in [0.15, 0.2) is 12.2 Å². The van der Waals surface area contributed by atoms with Crippen molar-refractivity contribution in [1.29, 1.82) is 0 Å². The minimum absolute atomic E-state index is 0.562. The summed E-state index contributed by atoms with van der Waals surface area (Å²) < 4.78 is 0. The lowest BCUT2D eigenvalue weighted by Crippen LogP contribution is -2.01. The first-order valence-corrected chi connectivity index (χ1v) is 10.2. The van der Waals surface area contributed by atoms with Crippen LogP contribution in [0.1, 0.15) is 103 Å². The average Bonchev–Trinajstić information content (AvgIpc) is 2.59. The second-order valence-corrected chi connectivity index (χ2v) is 6.78. The topological polar surface area (TPSA) is 36.9 Å². The molecular weight excluding hydrogens is 304 g/mol. The molecule has 1 heterocycles. The predicted molar refractivity (Wildman–Crippen MR) is 97.1 cm³/mol. The van der Waals surface area contributed by atoms with Crippen molar-refractivity contribution in [3.8, 4) is 0 Å². The highest BCUT2D eigenvalue weighted by molar-refractivity contribution is 4.81. The van der Waals surface area contributed by atoms with Gasteiger partial charge in [-0.1, -0.05) is 76.4 Å². The maximum absolute atomic E-state index is 4.92. The minimum Gasteiger partial charge on any atom is -0.204 e. The molecule has 0 aromatic heterocycles. The molecule has 24 heavy (non-hydrogen) atoms. The van der Waals surface area contributed by atoms with Gasteiger partial charge in [0.15, 0.2) is 0 Å². The molecule has 4 nitrogen and oxygen atoms in total. The molecule has 1 aliphatic rings. The fraction of sp³-hybridized carbons (Fsp3) is 0.900. The summed E-state index contributed by atoms with van der Waals surface area (Å²) in [5, 5.41) is 9.09. The van der Waals surface area contributed by atoms with Crippen LogP contribution in [0.25, 0.3) is 0 Å². The Labute approximate surface area is 148 Å². The van der Waals surface area contributed by atoms with Gasteiger partial charge < -0.3 is 0 Å². The van der Waals surface area contributed by atoms with Gasteiger partial charge in [-0.15, -0.1) is 0 Å². The molecule has 0 aliphatic carbocycles. The van der Waals surface area contributed by atoms with E-state index in [-0.39, 0.29) is 0 Å². The summed E-state index contributed by atoms with van der Waals surface area (Å²) >= 11 is 0. The van der Waals surface area contributed by atoms with Crippen molar-refractivity contribution < 1.29 is 19.9 Å². The van der Waals surface area contributed by atoms with Gasteiger partial charge >= 0.3 is 0 Å². The second-order valence-electron chi connectivity index (χ2n) is 6.78. The van der Waals surface area contributed by atoms with Gasteiger partial charge in [-0.2, -0.15) is 0 Å². The van der Waals surface area contributed by atoms with E-state index in [9.17, 15) is 0 Å². The molecule has 0 saturated heterocycles. The Morgan fingerprint density at radius 2 is 0.708 bits per heavy atom. The van der Waals surface area contributed by atoms with Gasteiger partial charge in [0.2, 0.25) is 0 Å². The monoisotopic (exact) mass is 342 g/mol. The van der Waals surface area contributed by atoms with Gasteiger partial charge in [0.1, 0.15) is 0 Å². The van der Waals surface area contributed by atoms with Crippen LogP contribution in [0, 0.1) is 0 Å². The molecule has 0 radical (unpaired) electrons. The Hall–Kier alpha value is -0.420. The van der Waals surface area contributed by atoms with Gasteiger partial charge in [-0.05, 0) is 48.6 Å². The van der Waals surface area contributed by atoms with Gasteiger partial charge in [0, 0.05) is 0 Å². The van der Waals surface area contributed by atoms with E-state index in [1.807, 2.05) is 0 Å². The molecular formula is C20H38O4. The summed E-state index contributed by atoms with van der Waals surface area (Å²) in [6.45, 7) is 1.13. The van der Waals surface area contributed by atoms with Crippen molar-refractivity contribution >= 4 is 0 Å². The first kappa shape index (κ1) is 21.6. The summed E-state index contributed by atoms with van der Waals surface area (Å²) in [6, 6.07) is 0. The van der Waals surface area contributed by atoms with E-state index in [4.69, 9.17) is 9.78 Å². The van der Waals surface area contributed by atoms with Crippen LogP contribution in [0.4, 0.5) is 0 Å². The van der Waals surface area contributed by atoms with E-state index >= 15 is 0 Å². The zero-order valence-corrected chi connectivity index (χ0v) is 15.5. The lowest BCUT2D eigenvalue weighted by Gasteiger charge is -2.04. The summed E-state index contributed by atoms with van der Waals surface area (Å²) in [4.78, 5) is 9.83. The van der Waals surface area contributed by atoms with Crippen molar-refractivity contribution in [1.82, 2.24) is 0 Å². The fourth-order valence-corrected chi connectivity index (χ4v) is 2.96. The first-order chi connectivity index (χ1) is 12.0. The molecule has 0 aromatic carbocycles. The lowest BCUT2D eigenvalue weighted by atomic mass is 10.1. The van der Waals surface area contributed by atoms with Gasteiger partial charge in [0.05, 0.1) is 13.2 Å². The second kappa shape index (κ2) is 18.9. The maximum atomic E-state index is 4.92. The third-order valence-electron chi connectivity index (χ3n) is 4.49. The van der Waals surface area contributed by atoms with Crippen molar-refractivity contribution in [3.05, 3.63) is 12.2 Å². The number of allylic oxidation sites excluding steroid dienone is 2. The Morgan fingerprint density at radius 1 is 0.375 bits per heavy atom. The van der Waals surface area contributed by atoms with Crippen molar-refractivity contribution in [3.63, 3.8) is 0 Å². The van der Waals surface area contributed by atoms with Gasteiger partial charge in [0.25, 0.3) is 0 Å². The lowest BCUT2D eigenvalue weighted by molar-refractivity contribution is -0.634. The van der Waals surface area contributed by atoms with E-state index in [2.05, 4.69) is 22.2 Å². The maximum Gasteiger partial charge on any atom is 0.0854 e. The molecule has 0 spiro atoms. The molecule has 142 valence electrons. The van der Waals surface area contributed by atoms with Crippen LogP contribution < -0.4 is 0 Å². The highest BCUT2D eigenvalue weighted by atomic mass is 17.7. The summed E-state index contributed by atoms with van der Waals surface area (Å²) in [6.07, 6.45) is 25.0. The van der Waals surface area contributed by atoms with Crippen LogP contribution >= 0.6 is 0 Å². The van der Waals surface area contributed by atoms with E-state index in [0.717, 1.165) is 12.8 Å². The van der Waals surface area contributed by atoms with Gasteiger partial charge in [-0.25, -0.2) is 9.78 Å². The molecule has 0 fully saturated rings. The molecule has 0 unspecified atom stereocenters. The normalized spacial score (nSPS) is 24.7. The molecule has 4 heteroatoms. The standard InChI is InChI=1S/C20H38O4/c1-2-4-6-8-10-12-14-16-18-20-22-24-23-21-19-17-15-13-11-9-7-5-3-1/h1,3H,2,4-20H2/b3-1-. The smallest absolute Gasteiger partial charge is 0.0854 e. The van der Waals surface area contributed by atoms with Crippen molar-refractivity contribution in [2.45, 2.75) is 103 Å². The molecule has 0 bridgehead atoms. The number of hydrogen-bond donors (Lipinski definition) is 0. The molecule has 1 rings (SSSR count). The Balaban J connectivity index is 2.05. The Kier molecular flexibility index (Phi) is 17.0. The van der Waals surface area contributed by atoms with Crippen LogP contribution in [-0.4, -0.2) is 13.2 Å². The quantitative estimate of drug-likeness (QED) is 0.366. The van der Waals surface area contributed by atoms with Gasteiger partial charge in [-0.3, -0.25) is 0 Å². The van der Waals surface area contributed by atoms with E-state index in [0.29, 0.717) is 13.2 Å². The predicted octanol–water partition coefficient (Wildman–Crippen LogP) is 6.61. The molecule has 0 N–H and O–H groups in total. The zero-order valence-electron chi connectivity index (χ0n) is 15.5. The highest BCUT2D eigenvalue weighted by Crippen LogP contribution is 2.11. The SMILES string of the molecule is C1=C\CCCCCCCCOOOOCCCCCCCCCC/1.